The van der Waals surface area contributed by atoms with E-state index in [4.69, 9.17) is 21.1 Å². The van der Waals surface area contributed by atoms with Crippen molar-refractivity contribution in [3.8, 4) is 11.5 Å². The first-order valence-electron chi connectivity index (χ1n) is 13.8. The van der Waals surface area contributed by atoms with E-state index >= 15 is 0 Å². The lowest BCUT2D eigenvalue weighted by molar-refractivity contribution is -0.385. The molecular formula is C29H29N3O8S3. The maximum absolute atomic E-state index is 13.5. The molecule has 5 aliphatic rings. The van der Waals surface area contributed by atoms with Crippen molar-refractivity contribution in [3.63, 3.8) is 0 Å². The van der Waals surface area contributed by atoms with Gasteiger partial charge in [0.05, 0.1) is 22.4 Å². The van der Waals surface area contributed by atoms with Crippen molar-refractivity contribution in [2.45, 2.75) is 50.3 Å². The van der Waals surface area contributed by atoms with E-state index in [1.165, 1.54) is 63.6 Å². The predicted octanol–water partition coefficient (Wildman–Crippen LogP) is 5.13. The molecule has 43 heavy (non-hydrogen) atoms. The highest BCUT2D eigenvalue weighted by atomic mass is 32.2. The zero-order valence-corrected chi connectivity index (χ0v) is 25.9. The van der Waals surface area contributed by atoms with Gasteiger partial charge in [0.15, 0.2) is 15.8 Å². The summed E-state index contributed by atoms with van der Waals surface area (Å²) < 4.78 is 36.6. The van der Waals surface area contributed by atoms with E-state index in [0.717, 1.165) is 42.1 Å². The van der Waals surface area contributed by atoms with E-state index in [-0.39, 0.29) is 37.2 Å². The second-order valence-electron chi connectivity index (χ2n) is 11.8. The minimum absolute atomic E-state index is 0.0598. The molecular weight excluding hydrogens is 615 g/mol. The number of carbonyl (C=O) groups excluding carboxylic acids is 2. The molecule has 4 bridgehead atoms. The number of thiocarbonyl (C=S) groups is 1. The monoisotopic (exact) mass is 643 g/mol. The molecule has 0 spiro atoms. The summed E-state index contributed by atoms with van der Waals surface area (Å²) in [4.78, 5) is 37.3. The van der Waals surface area contributed by atoms with Gasteiger partial charge in [-0.1, -0.05) is 23.9 Å². The zero-order valence-electron chi connectivity index (χ0n) is 23.4. The SMILES string of the molecule is COc1cc(/C=C2\SC(=S)N(NC(=O)C34CC5CC(CC(C5)C3)C4)C2=O)ccc1OS(=O)(=O)c1ccc(C)c([N+](=O)[O-])c1. The highest BCUT2D eigenvalue weighted by molar-refractivity contribution is 8.26. The summed E-state index contributed by atoms with van der Waals surface area (Å²) in [5, 5.41) is 12.4. The van der Waals surface area contributed by atoms with Crippen LogP contribution in [0.4, 0.5) is 5.69 Å². The average molecular weight is 644 g/mol. The predicted molar refractivity (Wildman–Crippen MR) is 162 cm³/mol. The van der Waals surface area contributed by atoms with Crippen LogP contribution in [0.5, 0.6) is 11.5 Å². The van der Waals surface area contributed by atoms with Gasteiger partial charge in [0.2, 0.25) is 5.91 Å². The Morgan fingerprint density at radius 2 is 1.77 bits per heavy atom. The zero-order chi connectivity index (χ0) is 30.7. The van der Waals surface area contributed by atoms with E-state index in [9.17, 15) is 28.1 Å². The smallest absolute Gasteiger partial charge is 0.339 e. The van der Waals surface area contributed by atoms with Crippen LogP contribution >= 0.6 is 24.0 Å². The summed E-state index contributed by atoms with van der Waals surface area (Å²) in [6.45, 7) is 1.50. The van der Waals surface area contributed by atoms with Crippen LogP contribution in [0, 0.1) is 40.2 Å². The van der Waals surface area contributed by atoms with Gasteiger partial charge in [-0.2, -0.15) is 13.4 Å². The molecule has 1 aliphatic heterocycles. The summed E-state index contributed by atoms with van der Waals surface area (Å²) >= 11 is 6.50. The van der Waals surface area contributed by atoms with Crippen LogP contribution in [0.1, 0.15) is 49.7 Å². The van der Waals surface area contributed by atoms with Crippen molar-refractivity contribution < 1.29 is 31.9 Å². The fraction of sp³-hybridized carbons (Fsp3) is 0.414. The van der Waals surface area contributed by atoms with Crippen molar-refractivity contribution in [2.75, 3.05) is 7.11 Å². The third-order valence-corrected chi connectivity index (χ3v) is 11.4. The number of aryl methyl sites for hydroxylation is 1. The van der Waals surface area contributed by atoms with Crippen LogP contribution in [0.25, 0.3) is 6.08 Å². The maximum atomic E-state index is 13.5. The van der Waals surface area contributed by atoms with Crippen LogP contribution in [0.15, 0.2) is 46.2 Å². The number of hydrogen-bond acceptors (Lipinski definition) is 10. The average Bonchev–Trinajstić information content (AvgIpc) is 3.20. The fourth-order valence-electron chi connectivity index (χ4n) is 7.27. The normalized spacial score (nSPS) is 27.1. The Hall–Kier alpha value is -3.49. The molecule has 0 radical (unpaired) electrons. The molecule has 0 atom stereocenters. The second kappa shape index (κ2) is 10.9. The van der Waals surface area contributed by atoms with Gasteiger partial charge < -0.3 is 8.92 Å². The molecule has 0 unspecified atom stereocenters. The number of benzene rings is 2. The number of nitro groups is 1. The Morgan fingerprint density at radius 3 is 2.37 bits per heavy atom. The van der Waals surface area contributed by atoms with E-state index < -0.39 is 26.4 Å². The number of carbonyl (C=O) groups is 2. The van der Waals surface area contributed by atoms with E-state index in [2.05, 4.69) is 5.43 Å². The Kier molecular flexibility index (Phi) is 7.50. The molecule has 2 amide bonds. The van der Waals surface area contributed by atoms with Gasteiger partial charge in [0.1, 0.15) is 4.90 Å². The lowest BCUT2D eigenvalue weighted by atomic mass is 9.49. The van der Waals surface area contributed by atoms with Crippen LogP contribution in [0.3, 0.4) is 0 Å². The van der Waals surface area contributed by atoms with Crippen molar-refractivity contribution in [1.82, 2.24) is 10.4 Å². The Morgan fingerprint density at radius 1 is 1.12 bits per heavy atom. The molecule has 4 aliphatic carbocycles. The van der Waals surface area contributed by atoms with E-state index in [0.29, 0.717) is 28.9 Å². The number of methoxy groups -OCH3 is 1. The van der Waals surface area contributed by atoms with Gasteiger partial charge in [-0.05, 0) is 105 Å². The molecule has 14 heteroatoms. The molecule has 2 aromatic rings. The molecule has 7 rings (SSSR count). The highest BCUT2D eigenvalue weighted by Gasteiger charge is 2.55. The number of amides is 2. The topological polar surface area (TPSA) is 145 Å². The summed E-state index contributed by atoms with van der Waals surface area (Å²) in [7, 11) is -3.10. The number of rotatable bonds is 8. The van der Waals surface area contributed by atoms with Crippen LogP contribution in [-0.4, -0.2) is 41.6 Å². The summed E-state index contributed by atoms with van der Waals surface area (Å²) in [5.74, 6) is 1.08. The molecule has 1 saturated heterocycles. The Labute approximate surface area is 258 Å². The van der Waals surface area contributed by atoms with Gasteiger partial charge in [-0.15, -0.1) is 0 Å². The van der Waals surface area contributed by atoms with Crippen molar-refractivity contribution in [1.29, 1.82) is 0 Å². The van der Waals surface area contributed by atoms with Crippen molar-refractivity contribution in [2.24, 2.45) is 23.2 Å². The van der Waals surface area contributed by atoms with Crippen LogP contribution in [0.2, 0.25) is 0 Å². The third-order valence-electron chi connectivity index (χ3n) is 8.88. The molecule has 4 saturated carbocycles. The van der Waals surface area contributed by atoms with E-state index in [1.54, 1.807) is 6.08 Å². The van der Waals surface area contributed by atoms with E-state index in [1.807, 2.05) is 0 Å². The highest BCUT2D eigenvalue weighted by Crippen LogP contribution is 2.60. The fourth-order valence-corrected chi connectivity index (χ4v) is 9.42. The first-order valence-corrected chi connectivity index (χ1v) is 16.5. The lowest BCUT2D eigenvalue weighted by Gasteiger charge is -2.55. The van der Waals surface area contributed by atoms with Gasteiger partial charge in [-0.3, -0.25) is 25.1 Å². The molecule has 11 nitrogen and oxygen atoms in total. The lowest BCUT2D eigenvalue weighted by Crippen LogP contribution is -2.57. The molecule has 5 fully saturated rings. The standard InChI is InChI=1S/C29H29N3O8S3/c1-16-3-5-21(12-22(16)32(35)36)43(37,38)40-23-6-4-17(10-24(23)39-2)11-25-26(33)31(28(41)42-25)30-27(34)29-13-18-7-19(14-29)9-20(8-18)15-29/h3-6,10-12,18-20H,7-9,13-15H2,1-2H3,(H,30,34)/b25-11-. The van der Waals surface area contributed by atoms with Crippen LogP contribution < -0.4 is 14.3 Å². The number of hydrogen-bond donors (Lipinski definition) is 1. The van der Waals surface area contributed by atoms with Gasteiger partial charge in [-0.25, -0.2) is 0 Å². The Balaban J connectivity index is 1.18. The maximum Gasteiger partial charge on any atom is 0.339 e. The summed E-state index contributed by atoms with van der Waals surface area (Å²) in [6.07, 6.45) is 7.75. The molecule has 1 N–H and O–H groups in total. The summed E-state index contributed by atoms with van der Waals surface area (Å²) in [6, 6.07) is 7.88. The first kappa shape index (κ1) is 29.6. The minimum Gasteiger partial charge on any atom is -0.493 e. The molecule has 0 aromatic heterocycles. The van der Waals surface area contributed by atoms with Crippen LogP contribution in [-0.2, 0) is 19.7 Å². The van der Waals surface area contributed by atoms with Gasteiger partial charge in [0.25, 0.3) is 11.6 Å². The number of nitro benzene ring substituents is 1. The molecule has 226 valence electrons. The Bertz CT molecular complexity index is 1670. The number of hydrazine groups is 1. The molecule has 1 heterocycles. The number of nitrogens with one attached hydrogen (secondary N) is 1. The number of thioether (sulfide) groups is 1. The van der Waals surface area contributed by atoms with Crippen molar-refractivity contribution in [3.05, 3.63) is 62.5 Å². The van der Waals surface area contributed by atoms with Gasteiger partial charge >= 0.3 is 10.1 Å². The quantitative estimate of drug-likeness (QED) is 0.135. The largest absolute Gasteiger partial charge is 0.493 e. The molecule has 2 aromatic carbocycles. The second-order valence-corrected chi connectivity index (χ2v) is 15.0. The third kappa shape index (κ3) is 5.51. The summed E-state index contributed by atoms with van der Waals surface area (Å²) in [5.41, 5.74) is 2.85. The first-order chi connectivity index (χ1) is 20.4. The minimum atomic E-state index is -4.43. The number of nitrogens with zero attached hydrogens (tertiary/aromatic N) is 2. The number of ether oxygens (including phenoxy) is 1. The van der Waals surface area contributed by atoms with Gasteiger partial charge in [0, 0.05) is 11.6 Å². The van der Waals surface area contributed by atoms with Crippen molar-refractivity contribution >= 4 is 62.0 Å².